The number of nitrogens with zero attached hydrogens (tertiary/aromatic N) is 1. The number of amides is 1. The van der Waals surface area contributed by atoms with Gasteiger partial charge in [-0.1, -0.05) is 38.5 Å². The van der Waals surface area contributed by atoms with Crippen molar-refractivity contribution in [3.05, 3.63) is 29.8 Å². The number of carbonyl (C=O) groups is 1. The van der Waals surface area contributed by atoms with E-state index in [1.165, 1.54) is 4.31 Å². The molecule has 0 fully saturated rings. The van der Waals surface area contributed by atoms with Crippen molar-refractivity contribution in [2.45, 2.75) is 66.5 Å². The van der Waals surface area contributed by atoms with Crippen molar-refractivity contribution in [3.8, 4) is 0 Å². The predicted molar refractivity (Wildman–Crippen MR) is 104 cm³/mol. The smallest absolute Gasteiger partial charge is 0.244 e. The molecule has 1 unspecified atom stereocenters. The van der Waals surface area contributed by atoms with Crippen LogP contribution in [0, 0.1) is 12.3 Å². The van der Waals surface area contributed by atoms with Crippen LogP contribution in [0.4, 0.5) is 5.69 Å². The highest BCUT2D eigenvalue weighted by Crippen LogP contribution is 2.27. The van der Waals surface area contributed by atoms with Gasteiger partial charge in [-0.05, 0) is 51.7 Å². The van der Waals surface area contributed by atoms with Gasteiger partial charge in [0.1, 0.15) is 6.04 Å². The number of carbonyl (C=O) groups excluding carboxylic acids is 1. The summed E-state index contributed by atoms with van der Waals surface area (Å²) in [5, 5.41) is 3.00. The van der Waals surface area contributed by atoms with Crippen molar-refractivity contribution in [2.75, 3.05) is 10.6 Å². The number of sulfonamides is 1. The largest absolute Gasteiger partial charge is 0.349 e. The molecule has 0 aliphatic heterocycles. The van der Waals surface area contributed by atoms with Crippen LogP contribution < -0.4 is 9.62 Å². The zero-order chi connectivity index (χ0) is 19.6. The lowest BCUT2D eigenvalue weighted by Gasteiger charge is -2.36. The molecule has 0 aromatic heterocycles. The Bertz CT molecular complexity index is 701. The van der Waals surface area contributed by atoms with Crippen LogP contribution in [0.5, 0.6) is 0 Å². The Balaban J connectivity index is 3.08. The first-order chi connectivity index (χ1) is 11.1. The van der Waals surface area contributed by atoms with E-state index >= 15 is 0 Å². The summed E-state index contributed by atoms with van der Waals surface area (Å²) < 4.78 is 25.8. The Labute approximate surface area is 152 Å². The van der Waals surface area contributed by atoms with Gasteiger partial charge < -0.3 is 5.32 Å². The number of rotatable bonds is 6. The van der Waals surface area contributed by atoms with Gasteiger partial charge in [0, 0.05) is 5.54 Å². The van der Waals surface area contributed by atoms with Gasteiger partial charge in [0.2, 0.25) is 15.9 Å². The average molecular weight is 369 g/mol. The van der Waals surface area contributed by atoms with Crippen LogP contribution in [-0.2, 0) is 14.8 Å². The van der Waals surface area contributed by atoms with Crippen molar-refractivity contribution < 1.29 is 13.2 Å². The van der Waals surface area contributed by atoms with Gasteiger partial charge in [-0.3, -0.25) is 9.10 Å². The summed E-state index contributed by atoms with van der Waals surface area (Å²) in [5.74, 6) is -0.305. The van der Waals surface area contributed by atoms with Crippen LogP contribution in [0.3, 0.4) is 0 Å². The number of hydrogen-bond donors (Lipinski definition) is 1. The fourth-order valence-electron chi connectivity index (χ4n) is 3.31. The molecule has 5 nitrogen and oxygen atoms in total. The molecule has 1 aromatic carbocycles. The summed E-state index contributed by atoms with van der Waals surface area (Å²) in [5.41, 5.74) is 1.14. The molecular formula is C19H32N2O3S. The summed E-state index contributed by atoms with van der Waals surface area (Å²) in [7, 11) is -3.59. The quantitative estimate of drug-likeness (QED) is 0.836. The number of anilines is 1. The van der Waals surface area contributed by atoms with Crippen molar-refractivity contribution >= 4 is 21.6 Å². The Morgan fingerprint density at radius 1 is 1.12 bits per heavy atom. The fraction of sp³-hybridized carbons (Fsp3) is 0.632. The van der Waals surface area contributed by atoms with Crippen LogP contribution in [-0.4, -0.2) is 32.2 Å². The van der Waals surface area contributed by atoms with Gasteiger partial charge in [-0.2, -0.15) is 0 Å². The van der Waals surface area contributed by atoms with Crippen molar-refractivity contribution in [1.29, 1.82) is 0 Å². The third kappa shape index (κ3) is 6.69. The molecular weight excluding hydrogens is 336 g/mol. The van der Waals surface area contributed by atoms with Crippen LogP contribution in [0.25, 0.3) is 0 Å². The normalized spacial score (nSPS) is 14.1. The van der Waals surface area contributed by atoms with E-state index in [0.29, 0.717) is 5.69 Å². The molecule has 25 heavy (non-hydrogen) atoms. The van der Waals surface area contributed by atoms with Crippen LogP contribution >= 0.6 is 0 Å². The van der Waals surface area contributed by atoms with Gasteiger partial charge in [0.05, 0.1) is 11.9 Å². The van der Waals surface area contributed by atoms with E-state index in [1.54, 1.807) is 19.1 Å². The molecule has 6 heteroatoms. The second-order valence-corrected chi connectivity index (χ2v) is 10.5. The second-order valence-electron chi connectivity index (χ2n) is 8.68. The standard InChI is InChI=1S/C19H32N2O3S/c1-14-9-11-16(12-10-14)21(25(8,23)24)15(2)17(22)20-19(6,7)13-18(3,4)5/h9-12,15H,13H2,1-8H3,(H,20,22). The molecule has 1 rings (SSSR count). The molecule has 0 spiro atoms. The molecule has 0 heterocycles. The maximum Gasteiger partial charge on any atom is 0.244 e. The molecule has 1 N–H and O–H groups in total. The van der Waals surface area contributed by atoms with Crippen LogP contribution in [0.2, 0.25) is 0 Å². The van der Waals surface area contributed by atoms with E-state index in [1.807, 2.05) is 32.9 Å². The summed E-state index contributed by atoms with van der Waals surface area (Å²) in [6.07, 6.45) is 1.90. The third-order valence-corrected chi connectivity index (χ3v) is 5.05. The summed E-state index contributed by atoms with van der Waals surface area (Å²) >= 11 is 0. The molecule has 1 aromatic rings. The topological polar surface area (TPSA) is 66.5 Å². The van der Waals surface area contributed by atoms with Gasteiger partial charge in [0.25, 0.3) is 0 Å². The summed E-state index contributed by atoms with van der Waals surface area (Å²) in [6, 6.07) is 6.28. The maximum absolute atomic E-state index is 12.8. The first-order valence-electron chi connectivity index (χ1n) is 8.50. The van der Waals surface area contributed by atoms with Gasteiger partial charge >= 0.3 is 0 Å². The first-order valence-corrected chi connectivity index (χ1v) is 10.4. The number of hydrogen-bond acceptors (Lipinski definition) is 3. The number of benzene rings is 1. The molecule has 0 saturated carbocycles. The SMILES string of the molecule is Cc1ccc(N(C(C)C(=O)NC(C)(C)CC(C)(C)C)S(C)(=O)=O)cc1. The highest BCUT2D eigenvalue weighted by Gasteiger charge is 2.33. The number of nitrogens with one attached hydrogen (secondary N) is 1. The van der Waals surface area contributed by atoms with Crippen molar-refractivity contribution in [3.63, 3.8) is 0 Å². The van der Waals surface area contributed by atoms with Gasteiger partial charge in [-0.25, -0.2) is 8.42 Å². The Kier molecular flexibility index (Phi) is 6.32. The lowest BCUT2D eigenvalue weighted by Crippen LogP contribution is -2.54. The highest BCUT2D eigenvalue weighted by molar-refractivity contribution is 7.92. The van der Waals surface area contributed by atoms with Crippen LogP contribution in [0.15, 0.2) is 24.3 Å². The predicted octanol–water partition coefficient (Wildman–Crippen LogP) is 3.48. The Hall–Kier alpha value is -1.56. The van der Waals surface area contributed by atoms with E-state index in [9.17, 15) is 13.2 Å². The summed E-state index contributed by atoms with van der Waals surface area (Å²) in [6.45, 7) is 13.8. The first kappa shape index (κ1) is 21.5. The number of aryl methyl sites for hydroxylation is 1. The van der Waals surface area contributed by atoms with E-state index < -0.39 is 21.6 Å². The summed E-state index contributed by atoms with van der Waals surface area (Å²) in [4.78, 5) is 12.8. The molecule has 1 atom stereocenters. The molecule has 0 radical (unpaired) electrons. The zero-order valence-corrected chi connectivity index (χ0v) is 17.5. The van der Waals surface area contributed by atoms with Gasteiger partial charge in [0.15, 0.2) is 0 Å². The second kappa shape index (κ2) is 7.36. The Morgan fingerprint density at radius 2 is 1.60 bits per heavy atom. The minimum atomic E-state index is -3.59. The van der Waals surface area contributed by atoms with E-state index in [4.69, 9.17) is 0 Å². The van der Waals surface area contributed by atoms with E-state index in [0.717, 1.165) is 18.2 Å². The van der Waals surface area contributed by atoms with E-state index in [-0.39, 0.29) is 11.3 Å². The third-order valence-electron chi connectivity index (χ3n) is 3.81. The molecule has 0 bridgehead atoms. The van der Waals surface area contributed by atoms with E-state index in [2.05, 4.69) is 26.1 Å². The molecule has 0 aliphatic rings. The molecule has 142 valence electrons. The minimum Gasteiger partial charge on any atom is -0.349 e. The van der Waals surface area contributed by atoms with Crippen molar-refractivity contribution in [2.24, 2.45) is 5.41 Å². The zero-order valence-electron chi connectivity index (χ0n) is 16.7. The maximum atomic E-state index is 12.8. The van der Waals surface area contributed by atoms with Gasteiger partial charge in [-0.15, -0.1) is 0 Å². The lowest BCUT2D eigenvalue weighted by molar-refractivity contribution is -0.123. The minimum absolute atomic E-state index is 0.0491. The Morgan fingerprint density at radius 3 is 2.00 bits per heavy atom. The monoisotopic (exact) mass is 368 g/mol. The lowest BCUT2D eigenvalue weighted by atomic mass is 9.81. The average Bonchev–Trinajstić information content (AvgIpc) is 2.36. The molecule has 1 amide bonds. The van der Waals surface area contributed by atoms with Crippen molar-refractivity contribution in [1.82, 2.24) is 5.32 Å². The highest BCUT2D eigenvalue weighted by atomic mass is 32.2. The molecule has 0 aliphatic carbocycles. The fourth-order valence-corrected chi connectivity index (χ4v) is 4.48. The van der Waals surface area contributed by atoms with Crippen LogP contribution in [0.1, 0.15) is 53.5 Å². The molecule has 0 saturated heterocycles.